The zero-order valence-corrected chi connectivity index (χ0v) is 61.7. The van der Waals surface area contributed by atoms with E-state index >= 15 is 0 Å². The molecule has 0 radical (unpaired) electrons. The Hall–Kier alpha value is -5.09. The van der Waals surface area contributed by atoms with Gasteiger partial charge in [0.05, 0.1) is 12.2 Å². The van der Waals surface area contributed by atoms with Crippen LogP contribution in [-0.4, -0.2) is 132 Å². The first-order valence-corrected chi connectivity index (χ1v) is 33.0. The predicted octanol–water partition coefficient (Wildman–Crippen LogP) is 6.00. The van der Waals surface area contributed by atoms with Crippen LogP contribution in [0.2, 0.25) is 29.9 Å². The van der Waals surface area contributed by atoms with Gasteiger partial charge in [0.15, 0.2) is 21.7 Å². The summed E-state index contributed by atoms with van der Waals surface area (Å²) in [7, 11) is -1.86. The molecule has 5 heterocycles. The first-order chi connectivity index (χ1) is 42.2. The topological polar surface area (TPSA) is 301 Å². The number of nitrogens with one attached hydrogen (secondary N) is 2. The zero-order valence-electron chi connectivity index (χ0n) is 53.9. The normalized spacial score (nSPS) is 11.5. The summed E-state index contributed by atoms with van der Waals surface area (Å²) < 4.78 is 38.1. The first-order valence-electron chi connectivity index (χ1n) is 28.9. The minimum Gasteiger partial charge on any atom is -1.00 e. The number of esters is 2. The van der Waals surface area contributed by atoms with Crippen molar-refractivity contribution in [1.82, 2.24) is 60.4 Å². The molecule has 0 atom stereocenters. The van der Waals surface area contributed by atoms with E-state index in [-0.39, 0.29) is 138 Å². The van der Waals surface area contributed by atoms with Gasteiger partial charge in [-0.1, -0.05) is 175 Å². The number of aromatic amines is 2. The molecule has 0 bridgehead atoms. The van der Waals surface area contributed by atoms with Crippen LogP contribution in [0.5, 0.6) is 0 Å². The number of H-pyrrole nitrogens is 2. The molecule has 24 nitrogen and oxygen atoms in total. The van der Waals surface area contributed by atoms with Crippen LogP contribution in [-0.2, 0) is 59.1 Å². The summed E-state index contributed by atoms with van der Waals surface area (Å²) in [5.74, 6) is 0.846. The van der Waals surface area contributed by atoms with Crippen molar-refractivity contribution in [2.45, 2.75) is 138 Å². The van der Waals surface area contributed by atoms with Crippen LogP contribution in [0.3, 0.4) is 0 Å². The van der Waals surface area contributed by atoms with Crippen molar-refractivity contribution in [3.05, 3.63) is 142 Å². The molecule has 2 N–H and O–H groups in total. The molecule has 0 amide bonds. The Labute approximate surface area is 621 Å². The number of halogens is 2. The number of hydrogen-bond acceptors (Lipinski definition) is 20. The van der Waals surface area contributed by atoms with E-state index in [0.717, 1.165) is 83.4 Å². The number of nitrogens with zero attached hydrogens (tertiary/aromatic N) is 10. The Bertz CT molecular complexity index is 3240. The maximum atomic E-state index is 12.9. The number of benzene rings is 4. The molecule has 29 heteroatoms. The molecule has 9 rings (SSSR count). The van der Waals surface area contributed by atoms with Crippen molar-refractivity contribution in [2.75, 3.05) is 26.8 Å². The maximum Gasteiger partial charge on any atom is 1.00 e. The number of aryl methyl sites for hydroxylation is 2. The van der Waals surface area contributed by atoms with Crippen molar-refractivity contribution in [1.29, 1.82) is 0 Å². The monoisotopic (exact) mass is 1340 g/mol. The molecule has 0 spiro atoms. The number of ether oxygens (including phenoxy) is 7. The van der Waals surface area contributed by atoms with E-state index in [0.29, 0.717) is 49.2 Å². The number of tetrazole rings is 2. The summed E-state index contributed by atoms with van der Waals surface area (Å²) in [4.78, 5) is 68.2. The molecule has 1 fully saturated rings. The molecule has 4 aromatic carbocycles. The molecule has 8 aromatic rings. The van der Waals surface area contributed by atoms with Crippen LogP contribution in [0.15, 0.2) is 97.1 Å². The van der Waals surface area contributed by atoms with Gasteiger partial charge in [0.2, 0.25) is 25.2 Å². The van der Waals surface area contributed by atoms with E-state index in [1.807, 2.05) is 97.1 Å². The van der Waals surface area contributed by atoms with Gasteiger partial charge in [-0.2, -0.15) is 10.4 Å². The second kappa shape index (κ2) is 40.1. The van der Waals surface area contributed by atoms with Gasteiger partial charge in [-0.15, -0.1) is 20.4 Å². The molecule has 4 aromatic heterocycles. The molecule has 472 valence electrons. The molecule has 1 aliphatic heterocycles. The van der Waals surface area contributed by atoms with Crippen LogP contribution in [0, 0.1) is 0 Å². The first kappa shape index (κ1) is 77.4. The summed E-state index contributed by atoms with van der Waals surface area (Å²) >= 11 is 12.8. The Balaban J connectivity index is 0.000000400. The van der Waals surface area contributed by atoms with Gasteiger partial charge in [0.1, 0.15) is 11.6 Å². The fourth-order valence-electron chi connectivity index (χ4n) is 8.43. The molecule has 1 saturated heterocycles. The SMILES string of the molecule is C1CCOC1.CCCCc1nc(Cl)c(C(=O)OCOC(=O)OC(C)C)n1Cc1ccc(-c2ccccc2-c2nn[nH]n2)cc1.CCCCc1nc(Cl)c(C(=O)OCOC(=O)OC(C)C)n1Cc1ccc(-c2ccccc2-c2nn[nH]n2)cc1.C[Si](C)(C)[O-].[H-].[K+].[K+]. The minimum absolute atomic E-state index is 0. The van der Waals surface area contributed by atoms with Crippen molar-refractivity contribution in [3.8, 4) is 45.0 Å². The Kier molecular flexibility index (Phi) is 34.5. The zero-order chi connectivity index (χ0) is 63.6. The Morgan fingerprint density at radius 1 is 0.589 bits per heavy atom. The molecule has 1 aliphatic rings. The van der Waals surface area contributed by atoms with Crippen LogP contribution < -0.4 is 108 Å². The smallest absolute Gasteiger partial charge is 1.00 e. The minimum atomic E-state index is -1.86. The third-order valence-electron chi connectivity index (χ3n) is 12.4. The third-order valence-corrected chi connectivity index (χ3v) is 12.9. The summed E-state index contributed by atoms with van der Waals surface area (Å²) in [6.45, 7) is 17.7. The van der Waals surface area contributed by atoms with Gasteiger partial charge in [-0.25, -0.2) is 29.1 Å². The van der Waals surface area contributed by atoms with Crippen molar-refractivity contribution in [3.63, 3.8) is 0 Å². The summed E-state index contributed by atoms with van der Waals surface area (Å²) in [6, 6.07) is 31.4. The maximum absolute atomic E-state index is 12.9. The fraction of sp³-hybridized carbons (Fsp3) is 0.410. The van der Waals surface area contributed by atoms with E-state index in [1.54, 1.807) is 56.5 Å². The number of rotatable bonds is 22. The van der Waals surface area contributed by atoms with Gasteiger partial charge < -0.3 is 48.5 Å². The molecule has 90 heavy (non-hydrogen) atoms. The Morgan fingerprint density at radius 2 is 0.944 bits per heavy atom. The third kappa shape index (κ3) is 25.4. The van der Waals surface area contributed by atoms with Gasteiger partial charge in [0.25, 0.3) is 0 Å². The van der Waals surface area contributed by atoms with Gasteiger partial charge in [-0.3, -0.25) is 0 Å². The second-order valence-electron chi connectivity index (χ2n) is 21.3. The van der Waals surface area contributed by atoms with Crippen molar-refractivity contribution in [2.24, 2.45) is 0 Å². The number of carbonyl (C=O) groups is 4. The number of imidazole rings is 2. The van der Waals surface area contributed by atoms with E-state index < -0.39 is 46.2 Å². The molecular weight excluding hydrogens is 1270 g/mol. The number of hydrogen-bond donors (Lipinski definition) is 2. The van der Waals surface area contributed by atoms with E-state index in [2.05, 4.69) is 65.1 Å². The van der Waals surface area contributed by atoms with Gasteiger partial charge in [0, 0.05) is 50.3 Å². The standard InChI is InChI=1S/2C27H29ClN6O5.C4H8O.C3H9OSi.2K.H/c2*1-4-5-10-22-29-24(28)23(26(35)37-16-38-27(36)39-17(2)3)34(22)15-18-11-13-19(14-12-18)20-8-6-7-9-21(20)25-30-32-33-31-25;1-2-4-5-3-1;1-5(2,3)4;;;/h2*6-9,11-14,17H,4-5,10,15-16H2,1-3H3,(H,30,31,32,33);1-4H2;1-3H3;;;/q;;;-1;2*+1;-1. The average Bonchev–Trinajstić information content (AvgIpc) is 1.85. The fourth-order valence-corrected chi connectivity index (χ4v) is 8.99. The van der Waals surface area contributed by atoms with Crippen LogP contribution in [0.25, 0.3) is 45.0 Å². The van der Waals surface area contributed by atoms with E-state index in [9.17, 15) is 24.0 Å². The summed E-state index contributed by atoms with van der Waals surface area (Å²) in [5.41, 5.74) is 7.60. The van der Waals surface area contributed by atoms with E-state index in [4.69, 9.17) is 56.4 Å². The second-order valence-corrected chi connectivity index (χ2v) is 26.3. The number of unbranched alkanes of at least 4 members (excludes halogenated alkanes) is 2. The van der Waals surface area contributed by atoms with Crippen molar-refractivity contribution < 1.29 is 161 Å². The number of carbonyl (C=O) groups excluding carboxylic acids is 4. The van der Waals surface area contributed by atoms with Gasteiger partial charge in [-0.05, 0) is 97.2 Å². The summed E-state index contributed by atoms with van der Waals surface area (Å²) in [5, 5.41) is 28.8. The van der Waals surface area contributed by atoms with Crippen LogP contribution in [0.1, 0.15) is 125 Å². The van der Waals surface area contributed by atoms with E-state index in [1.165, 1.54) is 12.8 Å². The molecule has 0 aliphatic carbocycles. The predicted molar refractivity (Wildman–Crippen MR) is 330 cm³/mol. The molecule has 0 saturated carbocycles. The average molecular weight is 1350 g/mol. The Morgan fingerprint density at radius 3 is 1.24 bits per heavy atom. The van der Waals surface area contributed by atoms with Gasteiger partial charge >= 0.3 is 127 Å². The quantitative estimate of drug-likeness (QED) is 0.0340. The number of aromatic nitrogens is 12. The van der Waals surface area contributed by atoms with Crippen LogP contribution in [0.4, 0.5) is 9.59 Å². The largest absolute Gasteiger partial charge is 1.00 e. The molecular formula is C61H76Cl2K2N12O12Si. The molecule has 0 unspecified atom stereocenters. The van der Waals surface area contributed by atoms with Crippen LogP contribution >= 0.6 is 23.2 Å². The summed E-state index contributed by atoms with van der Waals surface area (Å²) in [6.07, 6.45) is 4.90. The van der Waals surface area contributed by atoms with Crippen molar-refractivity contribution >= 4 is 55.8 Å².